The van der Waals surface area contributed by atoms with Crippen molar-refractivity contribution >= 4 is 0 Å². The molecule has 2 rings (SSSR count). The number of aryl methyl sites for hydroxylation is 2. The van der Waals surface area contributed by atoms with Gasteiger partial charge in [0, 0.05) is 0 Å². The van der Waals surface area contributed by atoms with E-state index in [1.54, 1.807) is 0 Å². The number of benzene rings is 1. The molecule has 0 bridgehead atoms. The minimum Gasteiger partial charge on any atom is -0.234 e. The highest BCUT2D eigenvalue weighted by Crippen LogP contribution is 2.12. The van der Waals surface area contributed by atoms with Gasteiger partial charge in [0.05, 0.1) is 19.5 Å². The van der Waals surface area contributed by atoms with Gasteiger partial charge < -0.3 is 0 Å². The van der Waals surface area contributed by atoms with Crippen molar-refractivity contribution in [3.05, 3.63) is 54.1 Å². The average molecular weight is 398 g/mol. The molecule has 0 saturated heterocycles. The van der Waals surface area contributed by atoms with E-state index >= 15 is 0 Å². The van der Waals surface area contributed by atoms with Crippen molar-refractivity contribution in [3.8, 4) is 0 Å². The summed E-state index contributed by atoms with van der Waals surface area (Å²) in [5, 5.41) is 0. The topological polar surface area (TPSA) is 8.81 Å². The zero-order valence-corrected chi connectivity index (χ0v) is 19.2. The monoisotopic (exact) mass is 397 g/mol. The van der Waals surface area contributed by atoms with Crippen LogP contribution in [0.15, 0.2) is 42.7 Å². The van der Waals surface area contributed by atoms with Crippen molar-refractivity contribution in [2.75, 3.05) is 0 Å². The van der Waals surface area contributed by atoms with E-state index in [0.29, 0.717) is 0 Å². The van der Waals surface area contributed by atoms with Crippen molar-refractivity contribution in [1.29, 1.82) is 0 Å². The molecule has 0 saturated carbocycles. The highest BCUT2D eigenvalue weighted by Gasteiger charge is 2.17. The minimum atomic E-state index is 1.04. The lowest BCUT2D eigenvalue weighted by atomic mass is 10.1. The molecule has 2 heteroatoms. The molecule has 0 aliphatic rings. The van der Waals surface area contributed by atoms with Crippen LogP contribution in [0.2, 0.25) is 0 Å². The third-order valence-electron chi connectivity index (χ3n) is 6.05. The molecule has 1 aromatic carbocycles. The summed E-state index contributed by atoms with van der Waals surface area (Å²) in [5.74, 6) is 1.48. The molecule has 0 aliphatic heterocycles. The Hall–Kier alpha value is -1.57. The summed E-state index contributed by atoms with van der Waals surface area (Å²) in [6, 6.07) is 11.0. The number of imidazole rings is 1. The number of rotatable bonds is 17. The molecule has 1 aromatic heterocycles. The van der Waals surface area contributed by atoms with Crippen LogP contribution in [-0.4, -0.2) is 4.57 Å². The van der Waals surface area contributed by atoms with E-state index in [9.17, 15) is 0 Å². The first-order valence-electron chi connectivity index (χ1n) is 12.5. The maximum Gasteiger partial charge on any atom is 0.260 e. The lowest BCUT2D eigenvalue weighted by Gasteiger charge is -2.07. The van der Waals surface area contributed by atoms with E-state index in [0.717, 1.165) is 13.0 Å². The molecule has 29 heavy (non-hydrogen) atoms. The Morgan fingerprint density at radius 2 is 1.28 bits per heavy atom. The van der Waals surface area contributed by atoms with Gasteiger partial charge in [0.1, 0.15) is 12.4 Å². The predicted molar refractivity (Wildman–Crippen MR) is 125 cm³/mol. The summed E-state index contributed by atoms with van der Waals surface area (Å²) < 4.78 is 5.05. The van der Waals surface area contributed by atoms with Crippen LogP contribution in [0.3, 0.4) is 0 Å². The Labute approximate surface area is 180 Å². The van der Waals surface area contributed by atoms with Crippen LogP contribution >= 0.6 is 0 Å². The normalized spacial score (nSPS) is 11.2. The van der Waals surface area contributed by atoms with Crippen LogP contribution in [0.25, 0.3) is 0 Å². The van der Waals surface area contributed by atoms with E-state index in [1.807, 2.05) is 0 Å². The SMILES string of the molecule is CCCCCCCCCn1cc[n+](CCCCCCCC)c1Cc1ccccc1. The summed E-state index contributed by atoms with van der Waals surface area (Å²) in [7, 11) is 0. The van der Waals surface area contributed by atoms with Gasteiger partial charge in [-0.15, -0.1) is 0 Å². The molecule has 0 unspecified atom stereocenters. The van der Waals surface area contributed by atoms with Crippen LogP contribution in [0.1, 0.15) is 109 Å². The first-order valence-corrected chi connectivity index (χ1v) is 12.5. The number of nitrogens with zero attached hydrogens (tertiary/aromatic N) is 2. The van der Waals surface area contributed by atoms with Crippen LogP contribution in [0, 0.1) is 0 Å². The molecular formula is C27H45N2+. The molecular weight excluding hydrogens is 352 g/mol. The maximum atomic E-state index is 2.52. The van der Waals surface area contributed by atoms with E-state index in [-0.39, 0.29) is 0 Å². The fraction of sp³-hybridized carbons (Fsp3) is 0.667. The maximum absolute atomic E-state index is 2.52. The van der Waals surface area contributed by atoms with Crippen molar-refractivity contribution in [2.45, 2.75) is 117 Å². The van der Waals surface area contributed by atoms with Gasteiger partial charge in [-0.3, -0.25) is 0 Å². The Balaban J connectivity index is 1.86. The number of hydrogen-bond donors (Lipinski definition) is 0. The molecule has 0 atom stereocenters. The zero-order valence-electron chi connectivity index (χ0n) is 19.2. The number of hydrogen-bond acceptors (Lipinski definition) is 0. The first kappa shape index (κ1) is 23.7. The molecule has 0 N–H and O–H groups in total. The molecule has 162 valence electrons. The van der Waals surface area contributed by atoms with Gasteiger partial charge in [-0.1, -0.05) is 102 Å². The Bertz CT molecular complexity index is 629. The second kappa shape index (κ2) is 15.3. The molecule has 2 aromatic rings. The van der Waals surface area contributed by atoms with Crippen LogP contribution in [0.4, 0.5) is 0 Å². The standard InChI is InChI=1S/C27H45N2/c1-3-5-7-9-11-13-18-22-29-24-23-28(21-17-12-10-8-6-4-2)27(29)25-26-19-15-14-16-20-26/h14-16,19-20,23-24H,3-13,17-18,21-22,25H2,1-2H3/q+1. The van der Waals surface area contributed by atoms with Gasteiger partial charge in [-0.05, 0) is 31.2 Å². The minimum absolute atomic E-state index is 1.04. The van der Waals surface area contributed by atoms with E-state index in [4.69, 9.17) is 0 Å². The molecule has 0 spiro atoms. The second-order valence-electron chi connectivity index (χ2n) is 8.65. The van der Waals surface area contributed by atoms with Gasteiger partial charge in [-0.2, -0.15) is 0 Å². The molecule has 0 fully saturated rings. The summed E-state index contributed by atoms with van der Waals surface area (Å²) in [4.78, 5) is 0. The lowest BCUT2D eigenvalue weighted by molar-refractivity contribution is -0.703. The third-order valence-corrected chi connectivity index (χ3v) is 6.05. The lowest BCUT2D eigenvalue weighted by Crippen LogP contribution is -2.37. The Morgan fingerprint density at radius 1 is 0.690 bits per heavy atom. The Morgan fingerprint density at radius 3 is 1.93 bits per heavy atom. The van der Waals surface area contributed by atoms with Gasteiger partial charge in [-0.25, -0.2) is 9.13 Å². The predicted octanol–water partition coefficient (Wildman–Crippen LogP) is 7.48. The fourth-order valence-corrected chi connectivity index (χ4v) is 4.19. The van der Waals surface area contributed by atoms with E-state index in [2.05, 4.69) is 65.7 Å². The highest BCUT2D eigenvalue weighted by molar-refractivity contribution is 5.18. The quantitative estimate of drug-likeness (QED) is 0.193. The molecule has 0 aliphatic carbocycles. The van der Waals surface area contributed by atoms with Crippen molar-refractivity contribution in [3.63, 3.8) is 0 Å². The van der Waals surface area contributed by atoms with Gasteiger partial charge >= 0.3 is 0 Å². The van der Waals surface area contributed by atoms with Crippen molar-refractivity contribution < 1.29 is 4.57 Å². The fourth-order valence-electron chi connectivity index (χ4n) is 4.19. The molecule has 0 amide bonds. The van der Waals surface area contributed by atoms with E-state index in [1.165, 1.54) is 101 Å². The summed E-state index contributed by atoms with van der Waals surface area (Å²) in [5.41, 5.74) is 1.42. The van der Waals surface area contributed by atoms with E-state index < -0.39 is 0 Å². The van der Waals surface area contributed by atoms with Gasteiger partial charge in [0.2, 0.25) is 0 Å². The largest absolute Gasteiger partial charge is 0.260 e. The summed E-state index contributed by atoms with van der Waals surface area (Å²) in [6.45, 7) is 6.91. The smallest absolute Gasteiger partial charge is 0.234 e. The molecule has 1 heterocycles. The third kappa shape index (κ3) is 9.65. The zero-order chi connectivity index (χ0) is 20.6. The highest BCUT2D eigenvalue weighted by atomic mass is 15.1. The first-order chi connectivity index (χ1) is 14.3. The molecule has 2 nitrogen and oxygen atoms in total. The van der Waals surface area contributed by atoms with Gasteiger partial charge in [0.25, 0.3) is 5.82 Å². The average Bonchev–Trinajstić information content (AvgIpc) is 3.12. The van der Waals surface area contributed by atoms with Crippen molar-refractivity contribution in [1.82, 2.24) is 4.57 Å². The van der Waals surface area contributed by atoms with Crippen molar-refractivity contribution in [2.24, 2.45) is 0 Å². The summed E-state index contributed by atoms with van der Waals surface area (Å²) in [6.07, 6.45) is 23.5. The Kier molecular flexibility index (Phi) is 12.5. The van der Waals surface area contributed by atoms with Crippen LogP contribution < -0.4 is 4.57 Å². The molecule has 0 radical (unpaired) electrons. The number of unbranched alkanes of at least 4 members (excludes halogenated alkanes) is 11. The summed E-state index contributed by atoms with van der Waals surface area (Å²) >= 11 is 0. The second-order valence-corrected chi connectivity index (χ2v) is 8.65. The van der Waals surface area contributed by atoms with Crippen LogP contribution in [-0.2, 0) is 19.5 Å². The number of aromatic nitrogens is 2. The van der Waals surface area contributed by atoms with Crippen LogP contribution in [0.5, 0.6) is 0 Å². The van der Waals surface area contributed by atoms with Gasteiger partial charge in [0.15, 0.2) is 0 Å².